The van der Waals surface area contributed by atoms with E-state index < -0.39 is 32.2 Å². The van der Waals surface area contributed by atoms with E-state index in [0.717, 1.165) is 0 Å². The molecule has 0 spiro atoms. The second-order valence-corrected chi connectivity index (χ2v) is 8.09. The van der Waals surface area contributed by atoms with Crippen molar-refractivity contribution in [2.24, 2.45) is 5.73 Å². The number of benzene rings is 1. The highest BCUT2D eigenvalue weighted by molar-refractivity contribution is 7.90. The molecule has 0 fully saturated rings. The van der Waals surface area contributed by atoms with Crippen LogP contribution in [0.4, 0.5) is 0 Å². The van der Waals surface area contributed by atoms with Crippen molar-refractivity contribution in [1.82, 2.24) is 9.44 Å². The van der Waals surface area contributed by atoms with Gasteiger partial charge in [-0.3, -0.25) is 0 Å². The van der Waals surface area contributed by atoms with Gasteiger partial charge in [0, 0.05) is 12.6 Å². The van der Waals surface area contributed by atoms with Crippen molar-refractivity contribution in [3.8, 4) is 0 Å². The molecule has 1 aromatic carbocycles. The number of nitrogens with two attached hydrogens (primary N) is 1. The van der Waals surface area contributed by atoms with Crippen LogP contribution in [-0.2, 0) is 20.0 Å². The zero-order valence-corrected chi connectivity index (χ0v) is 13.3. The minimum atomic E-state index is -3.81. The van der Waals surface area contributed by atoms with Gasteiger partial charge in [-0.2, -0.15) is 0 Å². The van der Waals surface area contributed by atoms with Crippen molar-refractivity contribution in [2.75, 3.05) is 13.6 Å². The van der Waals surface area contributed by atoms with Gasteiger partial charge in [0.2, 0.25) is 20.0 Å². The molecule has 1 rings (SSSR count). The molecule has 1 aromatic rings. The van der Waals surface area contributed by atoms with Crippen molar-refractivity contribution in [3.63, 3.8) is 0 Å². The van der Waals surface area contributed by atoms with E-state index >= 15 is 0 Å². The molecule has 0 amide bonds. The van der Waals surface area contributed by atoms with Gasteiger partial charge in [-0.15, -0.1) is 0 Å². The Morgan fingerprint density at radius 2 is 1.52 bits per heavy atom. The molecule has 0 aliphatic heterocycles. The van der Waals surface area contributed by atoms with Gasteiger partial charge in [0.25, 0.3) is 0 Å². The number of nitrogens with one attached hydrogen (secondary N) is 2. The maximum absolute atomic E-state index is 12.0. The Labute approximate surface area is 124 Å². The molecule has 21 heavy (non-hydrogen) atoms. The quantitative estimate of drug-likeness (QED) is 0.482. The molecule has 120 valence electrons. The van der Waals surface area contributed by atoms with E-state index in [2.05, 4.69) is 9.44 Å². The zero-order chi connectivity index (χ0) is 16.3. The summed E-state index contributed by atoms with van der Waals surface area (Å²) in [6.07, 6.45) is -0.851. The molecule has 2 unspecified atom stereocenters. The molecule has 0 heterocycles. The number of hydrogen-bond acceptors (Lipinski definition) is 6. The number of hydrogen-bond donors (Lipinski definition) is 4. The van der Waals surface area contributed by atoms with Crippen LogP contribution >= 0.6 is 0 Å². The summed E-state index contributed by atoms with van der Waals surface area (Å²) in [5.41, 5.74) is 5.54. The van der Waals surface area contributed by atoms with Crippen LogP contribution in [0.3, 0.4) is 0 Å². The topological polar surface area (TPSA) is 139 Å². The molecule has 0 bridgehead atoms. The summed E-state index contributed by atoms with van der Waals surface area (Å²) >= 11 is 0. The Morgan fingerprint density at radius 3 is 1.90 bits per heavy atom. The molecule has 0 radical (unpaired) electrons. The highest BCUT2D eigenvalue weighted by Gasteiger charge is 2.18. The van der Waals surface area contributed by atoms with Crippen LogP contribution in [0, 0.1) is 0 Å². The first-order chi connectivity index (χ1) is 9.60. The van der Waals surface area contributed by atoms with E-state index in [0.29, 0.717) is 0 Å². The summed E-state index contributed by atoms with van der Waals surface area (Å²) in [6.45, 7) is 1.33. The van der Waals surface area contributed by atoms with E-state index in [-0.39, 0.29) is 16.3 Å². The summed E-state index contributed by atoms with van der Waals surface area (Å²) in [5, 5.41) is 9.21. The Morgan fingerprint density at radius 1 is 1.10 bits per heavy atom. The maximum Gasteiger partial charge on any atom is 0.240 e. The smallest absolute Gasteiger partial charge is 0.240 e. The average Bonchev–Trinajstić information content (AvgIpc) is 2.44. The van der Waals surface area contributed by atoms with Gasteiger partial charge in [0.1, 0.15) is 0 Å². The lowest BCUT2D eigenvalue weighted by atomic mass is 10.2. The summed E-state index contributed by atoms with van der Waals surface area (Å²) in [6, 6.07) is 4.01. The van der Waals surface area contributed by atoms with Gasteiger partial charge in [-0.05, 0) is 38.2 Å². The van der Waals surface area contributed by atoms with Gasteiger partial charge < -0.3 is 10.8 Å². The van der Waals surface area contributed by atoms with Crippen LogP contribution < -0.4 is 15.2 Å². The standard InChI is InChI=1S/C11H19N3O5S2/c1-8(15)11(12)7-14-21(18,19)10-5-3-9(4-6-10)20(16,17)13-2/h3-6,8,11,13-15H,7,12H2,1-2H3. The minimum absolute atomic E-state index is 0.0374. The number of sulfonamides is 2. The normalized spacial score (nSPS) is 15.6. The number of rotatable bonds is 7. The van der Waals surface area contributed by atoms with Crippen LogP contribution in [0.25, 0.3) is 0 Å². The highest BCUT2D eigenvalue weighted by atomic mass is 32.2. The Balaban J connectivity index is 2.91. The SMILES string of the molecule is CNS(=O)(=O)c1ccc(S(=O)(=O)NCC(N)C(C)O)cc1. The molecule has 5 N–H and O–H groups in total. The average molecular weight is 337 g/mol. The van der Waals surface area contributed by atoms with Crippen molar-refractivity contribution in [1.29, 1.82) is 0 Å². The fraction of sp³-hybridized carbons (Fsp3) is 0.455. The number of aliphatic hydroxyl groups is 1. The molecular weight excluding hydrogens is 318 g/mol. The molecule has 2 atom stereocenters. The molecular formula is C11H19N3O5S2. The molecule has 10 heteroatoms. The van der Waals surface area contributed by atoms with Crippen molar-refractivity contribution < 1.29 is 21.9 Å². The summed E-state index contributed by atoms with van der Waals surface area (Å²) in [7, 11) is -6.17. The van der Waals surface area contributed by atoms with Crippen LogP contribution in [0.2, 0.25) is 0 Å². The van der Waals surface area contributed by atoms with Crippen molar-refractivity contribution in [3.05, 3.63) is 24.3 Å². The second kappa shape index (κ2) is 6.81. The van der Waals surface area contributed by atoms with Crippen molar-refractivity contribution >= 4 is 20.0 Å². The third kappa shape index (κ3) is 4.73. The maximum atomic E-state index is 12.0. The van der Waals surface area contributed by atoms with Crippen LogP contribution in [0.15, 0.2) is 34.1 Å². The molecule has 0 aliphatic carbocycles. The van der Waals surface area contributed by atoms with E-state index in [1.165, 1.54) is 38.2 Å². The summed E-state index contributed by atoms with van der Waals surface area (Å²) in [4.78, 5) is -0.125. The first kappa shape index (κ1) is 18.0. The highest BCUT2D eigenvalue weighted by Crippen LogP contribution is 2.14. The van der Waals surface area contributed by atoms with Gasteiger partial charge in [-0.25, -0.2) is 26.3 Å². The molecule has 8 nitrogen and oxygen atoms in total. The third-order valence-electron chi connectivity index (χ3n) is 2.84. The predicted molar refractivity (Wildman–Crippen MR) is 77.5 cm³/mol. The molecule has 0 aliphatic rings. The lowest BCUT2D eigenvalue weighted by molar-refractivity contribution is 0.164. The largest absolute Gasteiger partial charge is 0.392 e. The fourth-order valence-corrected chi connectivity index (χ4v) is 3.18. The van der Waals surface area contributed by atoms with Gasteiger partial charge in [0.15, 0.2) is 0 Å². The van der Waals surface area contributed by atoms with Crippen molar-refractivity contribution in [2.45, 2.75) is 28.9 Å². The van der Waals surface area contributed by atoms with E-state index in [4.69, 9.17) is 5.73 Å². The Kier molecular flexibility index (Phi) is 5.84. The monoisotopic (exact) mass is 337 g/mol. The minimum Gasteiger partial charge on any atom is -0.392 e. The third-order valence-corrected chi connectivity index (χ3v) is 5.71. The summed E-state index contributed by atoms with van der Waals surface area (Å²) < 4.78 is 51.4. The Hall–Kier alpha value is -1.04. The Bertz CT molecular complexity index is 668. The molecule has 0 saturated heterocycles. The predicted octanol–water partition coefficient (Wildman–Crippen LogP) is -1.42. The van der Waals surface area contributed by atoms with Gasteiger partial charge >= 0.3 is 0 Å². The van der Waals surface area contributed by atoms with E-state index in [1.54, 1.807) is 0 Å². The zero-order valence-electron chi connectivity index (χ0n) is 11.6. The van der Waals surface area contributed by atoms with Crippen LogP contribution in [0.1, 0.15) is 6.92 Å². The van der Waals surface area contributed by atoms with Gasteiger partial charge in [-0.1, -0.05) is 0 Å². The van der Waals surface area contributed by atoms with Crippen LogP contribution in [0.5, 0.6) is 0 Å². The van der Waals surface area contributed by atoms with E-state index in [9.17, 15) is 21.9 Å². The fourth-order valence-electron chi connectivity index (χ4n) is 1.38. The van der Waals surface area contributed by atoms with Gasteiger partial charge in [0.05, 0.1) is 15.9 Å². The summed E-state index contributed by atoms with van der Waals surface area (Å²) in [5.74, 6) is 0. The lowest BCUT2D eigenvalue weighted by Gasteiger charge is -2.15. The molecule has 0 saturated carbocycles. The van der Waals surface area contributed by atoms with E-state index in [1.807, 2.05) is 0 Å². The first-order valence-corrected chi connectivity index (χ1v) is 9.03. The first-order valence-electron chi connectivity index (χ1n) is 6.07. The second-order valence-electron chi connectivity index (χ2n) is 4.44. The number of aliphatic hydroxyl groups excluding tert-OH is 1. The lowest BCUT2D eigenvalue weighted by Crippen LogP contribution is -2.43. The molecule has 0 aromatic heterocycles. The van der Waals surface area contributed by atoms with Crippen LogP contribution in [-0.4, -0.2) is 47.7 Å².